The van der Waals surface area contributed by atoms with Crippen LogP contribution in [0.1, 0.15) is 56.9 Å². The molecule has 5 nitrogen and oxygen atoms in total. The van der Waals surface area contributed by atoms with Gasteiger partial charge in [-0.3, -0.25) is 9.59 Å². The second-order valence-electron chi connectivity index (χ2n) is 8.80. The Labute approximate surface area is 194 Å². The Balaban J connectivity index is 1.56. The normalized spacial score (nSPS) is 16.0. The number of nitrogens with one attached hydrogen (secondary N) is 3. The number of hydrogen-bond donors (Lipinski definition) is 3. The predicted molar refractivity (Wildman–Crippen MR) is 126 cm³/mol. The maximum atomic E-state index is 13.2. The smallest absolute Gasteiger partial charge is 0.242 e. The first-order valence-electron chi connectivity index (χ1n) is 11.8. The summed E-state index contributed by atoms with van der Waals surface area (Å²) in [5, 5.41) is 8.97. The van der Waals surface area contributed by atoms with Crippen LogP contribution in [0.4, 0.5) is 14.5 Å². The van der Waals surface area contributed by atoms with E-state index in [9.17, 15) is 18.4 Å². The molecule has 0 aromatic heterocycles. The zero-order valence-electron chi connectivity index (χ0n) is 19.1. The van der Waals surface area contributed by atoms with Crippen molar-refractivity contribution in [3.05, 3.63) is 65.7 Å². The van der Waals surface area contributed by atoms with Gasteiger partial charge in [-0.25, -0.2) is 8.78 Å². The number of carbonyl (C=O) groups is 2. The largest absolute Gasteiger partial charge is 0.383 e. The Bertz CT molecular complexity index is 897. The Morgan fingerprint density at radius 1 is 0.879 bits per heavy atom. The molecule has 0 bridgehead atoms. The lowest BCUT2D eigenvalue weighted by atomic mass is 9.84. The summed E-state index contributed by atoms with van der Waals surface area (Å²) < 4.78 is 26.2. The van der Waals surface area contributed by atoms with Gasteiger partial charge in [0.25, 0.3) is 0 Å². The van der Waals surface area contributed by atoms with Crippen molar-refractivity contribution in [2.24, 2.45) is 5.92 Å². The Kier molecular flexibility index (Phi) is 9.22. The van der Waals surface area contributed by atoms with Gasteiger partial charge in [0.15, 0.2) is 0 Å². The molecule has 1 aliphatic carbocycles. The summed E-state index contributed by atoms with van der Waals surface area (Å²) in [5.74, 6) is -1.19. The van der Waals surface area contributed by atoms with Gasteiger partial charge in [0.2, 0.25) is 11.8 Å². The van der Waals surface area contributed by atoms with Crippen LogP contribution in [0.25, 0.3) is 0 Å². The highest BCUT2D eigenvalue weighted by molar-refractivity contribution is 5.90. The van der Waals surface area contributed by atoms with Gasteiger partial charge in [0.05, 0.1) is 5.92 Å². The minimum atomic E-state index is -0.616. The first-order valence-corrected chi connectivity index (χ1v) is 11.8. The standard InChI is InChI=1S/C26H33F2N3O2/c1-18(20-7-9-21(27)10-8-20)25(32)31-24(17-19-5-3-2-4-6-19)26(33)30-16-15-29-23-13-11-22(28)12-14-23/h7-14,18-19,24,29H,2-6,15-17H2,1H3,(H,30,33)(H,31,32). The fourth-order valence-electron chi connectivity index (χ4n) is 4.27. The van der Waals surface area contributed by atoms with Crippen LogP contribution in [-0.4, -0.2) is 30.9 Å². The second kappa shape index (κ2) is 12.3. The van der Waals surface area contributed by atoms with E-state index < -0.39 is 12.0 Å². The van der Waals surface area contributed by atoms with E-state index in [1.54, 1.807) is 31.2 Å². The zero-order valence-corrected chi connectivity index (χ0v) is 19.1. The molecular formula is C26H33F2N3O2. The quantitative estimate of drug-likeness (QED) is 0.451. The number of amides is 2. The first kappa shape index (κ1) is 24.7. The van der Waals surface area contributed by atoms with Crippen LogP contribution in [-0.2, 0) is 9.59 Å². The highest BCUT2D eigenvalue weighted by atomic mass is 19.1. The van der Waals surface area contributed by atoms with Crippen LogP contribution < -0.4 is 16.0 Å². The lowest BCUT2D eigenvalue weighted by Gasteiger charge is -2.27. The molecule has 0 heterocycles. The van der Waals surface area contributed by atoms with E-state index in [0.717, 1.165) is 31.4 Å². The van der Waals surface area contributed by atoms with Crippen molar-refractivity contribution in [1.82, 2.24) is 10.6 Å². The highest BCUT2D eigenvalue weighted by Crippen LogP contribution is 2.27. The van der Waals surface area contributed by atoms with Gasteiger partial charge in [0.1, 0.15) is 17.7 Å². The van der Waals surface area contributed by atoms with Crippen LogP contribution >= 0.6 is 0 Å². The topological polar surface area (TPSA) is 70.2 Å². The van der Waals surface area contributed by atoms with Gasteiger partial charge < -0.3 is 16.0 Å². The van der Waals surface area contributed by atoms with Gasteiger partial charge in [-0.1, -0.05) is 44.2 Å². The molecule has 33 heavy (non-hydrogen) atoms. The van der Waals surface area contributed by atoms with Crippen molar-refractivity contribution in [1.29, 1.82) is 0 Å². The number of rotatable bonds is 10. The lowest BCUT2D eigenvalue weighted by Crippen LogP contribution is -2.49. The van der Waals surface area contributed by atoms with Crippen LogP contribution in [0.5, 0.6) is 0 Å². The van der Waals surface area contributed by atoms with E-state index in [1.807, 2.05) is 0 Å². The van der Waals surface area contributed by atoms with Gasteiger partial charge in [-0.15, -0.1) is 0 Å². The van der Waals surface area contributed by atoms with E-state index in [-0.39, 0.29) is 23.4 Å². The maximum absolute atomic E-state index is 13.2. The third-order valence-electron chi connectivity index (χ3n) is 6.29. The summed E-state index contributed by atoms with van der Waals surface area (Å²) in [5.41, 5.74) is 1.47. The predicted octanol–water partition coefficient (Wildman–Crippen LogP) is 4.75. The molecule has 0 radical (unpaired) electrons. The Morgan fingerprint density at radius 3 is 2.12 bits per heavy atom. The SMILES string of the molecule is CC(C(=O)NC(CC1CCCCC1)C(=O)NCCNc1ccc(F)cc1)c1ccc(F)cc1. The molecule has 2 unspecified atom stereocenters. The van der Waals surface area contributed by atoms with E-state index >= 15 is 0 Å². The maximum Gasteiger partial charge on any atom is 0.242 e. The molecule has 1 fully saturated rings. The summed E-state index contributed by atoms with van der Waals surface area (Å²) in [6.45, 7) is 2.61. The van der Waals surface area contributed by atoms with Crippen molar-refractivity contribution < 1.29 is 18.4 Å². The van der Waals surface area contributed by atoms with Crippen LogP contribution in [0, 0.1) is 17.6 Å². The van der Waals surface area contributed by atoms with Crippen molar-refractivity contribution in [3.63, 3.8) is 0 Å². The number of carbonyl (C=O) groups excluding carboxylic acids is 2. The van der Waals surface area contributed by atoms with Gasteiger partial charge in [-0.05, 0) is 61.2 Å². The molecule has 1 saturated carbocycles. The van der Waals surface area contributed by atoms with Gasteiger partial charge in [0, 0.05) is 18.8 Å². The van der Waals surface area contributed by atoms with E-state index in [4.69, 9.17) is 0 Å². The van der Waals surface area contributed by atoms with Crippen LogP contribution in [0.15, 0.2) is 48.5 Å². The molecule has 0 saturated heterocycles. The Morgan fingerprint density at radius 2 is 1.48 bits per heavy atom. The zero-order chi connectivity index (χ0) is 23.6. The van der Waals surface area contributed by atoms with E-state index in [2.05, 4.69) is 16.0 Å². The second-order valence-corrected chi connectivity index (χ2v) is 8.80. The van der Waals surface area contributed by atoms with Crippen LogP contribution in [0.3, 0.4) is 0 Å². The number of hydrogen-bond acceptors (Lipinski definition) is 3. The van der Waals surface area contributed by atoms with Crippen molar-refractivity contribution in [2.45, 2.75) is 57.4 Å². The summed E-state index contributed by atoms with van der Waals surface area (Å²) in [6, 6.07) is 11.3. The molecule has 0 aliphatic heterocycles. The molecule has 7 heteroatoms. The van der Waals surface area contributed by atoms with E-state index in [1.165, 1.54) is 30.7 Å². The molecule has 3 N–H and O–H groups in total. The monoisotopic (exact) mass is 457 g/mol. The molecule has 1 aliphatic rings. The van der Waals surface area contributed by atoms with Crippen molar-refractivity contribution in [3.8, 4) is 0 Å². The summed E-state index contributed by atoms with van der Waals surface area (Å²) >= 11 is 0. The summed E-state index contributed by atoms with van der Waals surface area (Å²) in [4.78, 5) is 25.9. The summed E-state index contributed by atoms with van der Waals surface area (Å²) in [6.07, 6.45) is 6.27. The summed E-state index contributed by atoms with van der Waals surface area (Å²) in [7, 11) is 0. The fourth-order valence-corrected chi connectivity index (χ4v) is 4.27. The molecule has 3 rings (SSSR count). The molecule has 0 spiro atoms. The molecular weight excluding hydrogens is 424 g/mol. The minimum absolute atomic E-state index is 0.207. The molecule has 178 valence electrons. The average molecular weight is 458 g/mol. The van der Waals surface area contributed by atoms with Gasteiger partial charge >= 0.3 is 0 Å². The molecule has 2 amide bonds. The third-order valence-corrected chi connectivity index (χ3v) is 6.29. The third kappa shape index (κ3) is 7.84. The highest BCUT2D eigenvalue weighted by Gasteiger charge is 2.27. The molecule has 2 aromatic rings. The fraction of sp³-hybridized carbons (Fsp3) is 0.462. The average Bonchev–Trinajstić information content (AvgIpc) is 2.83. The Hall–Kier alpha value is -2.96. The number of halogens is 2. The van der Waals surface area contributed by atoms with Crippen molar-refractivity contribution >= 4 is 17.5 Å². The minimum Gasteiger partial charge on any atom is -0.383 e. The molecule has 2 atom stereocenters. The number of anilines is 1. The first-order chi connectivity index (χ1) is 15.9. The van der Waals surface area contributed by atoms with Crippen LogP contribution in [0.2, 0.25) is 0 Å². The number of benzene rings is 2. The van der Waals surface area contributed by atoms with E-state index in [0.29, 0.717) is 31.0 Å². The van der Waals surface area contributed by atoms with Gasteiger partial charge in [-0.2, -0.15) is 0 Å². The molecule has 2 aromatic carbocycles. The lowest BCUT2D eigenvalue weighted by molar-refractivity contribution is -0.130. The van der Waals surface area contributed by atoms with Crippen molar-refractivity contribution in [2.75, 3.05) is 18.4 Å².